The van der Waals surface area contributed by atoms with Gasteiger partial charge in [-0.05, 0) is 64.2 Å². The van der Waals surface area contributed by atoms with E-state index in [0.29, 0.717) is 0 Å². The summed E-state index contributed by atoms with van der Waals surface area (Å²) in [6.07, 6.45) is 11.3. The predicted octanol–water partition coefficient (Wildman–Crippen LogP) is 2.42. The zero-order valence-corrected chi connectivity index (χ0v) is 10.6. The Hall–Kier alpha value is -0.340. The number of nitrogens with one attached hydrogen (secondary N) is 1. The lowest BCUT2D eigenvalue weighted by Gasteiger charge is -2.32. The van der Waals surface area contributed by atoms with Crippen LogP contribution in [-0.4, -0.2) is 37.1 Å². The number of hydrogen-bond donors (Lipinski definition) is 1. The van der Waals surface area contributed by atoms with Gasteiger partial charge in [0.05, 0.1) is 0 Å². The van der Waals surface area contributed by atoms with Crippen LogP contribution in [0.1, 0.15) is 39.0 Å². The molecule has 2 heteroatoms. The van der Waals surface area contributed by atoms with E-state index in [-0.39, 0.29) is 0 Å². The molecule has 0 aromatic rings. The van der Waals surface area contributed by atoms with E-state index in [9.17, 15) is 0 Å². The highest BCUT2D eigenvalue weighted by Gasteiger charge is 2.18. The summed E-state index contributed by atoms with van der Waals surface area (Å²) >= 11 is 0. The summed E-state index contributed by atoms with van der Waals surface area (Å²) in [7, 11) is 0. The third-order valence-corrected chi connectivity index (χ3v) is 4.11. The second-order valence-corrected chi connectivity index (χ2v) is 5.27. The summed E-state index contributed by atoms with van der Waals surface area (Å²) in [5.41, 5.74) is 0. The van der Waals surface area contributed by atoms with Crippen molar-refractivity contribution in [3.8, 4) is 0 Å². The van der Waals surface area contributed by atoms with Gasteiger partial charge in [0, 0.05) is 6.04 Å². The first-order valence-corrected chi connectivity index (χ1v) is 6.99. The second-order valence-electron chi connectivity index (χ2n) is 5.27. The van der Waals surface area contributed by atoms with Gasteiger partial charge in [0.25, 0.3) is 0 Å². The molecule has 0 aromatic carbocycles. The fourth-order valence-electron chi connectivity index (χ4n) is 2.83. The molecule has 1 aliphatic heterocycles. The largest absolute Gasteiger partial charge is 0.314 e. The smallest absolute Gasteiger partial charge is 0.00915 e. The van der Waals surface area contributed by atoms with Gasteiger partial charge >= 0.3 is 0 Å². The van der Waals surface area contributed by atoms with Crippen LogP contribution in [0.2, 0.25) is 0 Å². The number of likely N-dealkylation sites (tertiary alicyclic amines) is 1. The van der Waals surface area contributed by atoms with Crippen molar-refractivity contribution in [3.05, 3.63) is 12.2 Å². The molecule has 1 unspecified atom stereocenters. The lowest BCUT2D eigenvalue weighted by molar-refractivity contribution is 0.202. The maximum absolute atomic E-state index is 3.78. The summed E-state index contributed by atoms with van der Waals surface area (Å²) in [4.78, 5) is 2.56. The van der Waals surface area contributed by atoms with E-state index >= 15 is 0 Å². The van der Waals surface area contributed by atoms with Crippen molar-refractivity contribution < 1.29 is 0 Å². The van der Waals surface area contributed by atoms with Crippen molar-refractivity contribution in [3.63, 3.8) is 0 Å². The van der Waals surface area contributed by atoms with Gasteiger partial charge < -0.3 is 10.2 Å². The molecule has 0 spiro atoms. The third-order valence-electron chi connectivity index (χ3n) is 4.11. The van der Waals surface area contributed by atoms with Gasteiger partial charge in [0.2, 0.25) is 0 Å². The second kappa shape index (κ2) is 6.41. The molecule has 16 heavy (non-hydrogen) atoms. The van der Waals surface area contributed by atoms with Gasteiger partial charge in [0.15, 0.2) is 0 Å². The molecule has 2 nitrogen and oxygen atoms in total. The fraction of sp³-hybridized carbons (Fsp3) is 0.857. The molecule has 1 aliphatic carbocycles. The molecule has 1 fully saturated rings. The number of hydrogen-bond acceptors (Lipinski definition) is 2. The maximum Gasteiger partial charge on any atom is 0.00915 e. The summed E-state index contributed by atoms with van der Waals surface area (Å²) in [5, 5.41) is 3.78. The molecule has 1 heterocycles. The Morgan fingerprint density at radius 3 is 2.62 bits per heavy atom. The quantitative estimate of drug-likeness (QED) is 0.735. The predicted molar refractivity (Wildman–Crippen MR) is 69.6 cm³/mol. The van der Waals surface area contributed by atoms with Gasteiger partial charge in [-0.2, -0.15) is 0 Å². The number of rotatable bonds is 4. The minimum Gasteiger partial charge on any atom is -0.314 e. The molecule has 1 atom stereocenters. The van der Waals surface area contributed by atoms with Gasteiger partial charge in [0.1, 0.15) is 0 Å². The fourth-order valence-corrected chi connectivity index (χ4v) is 2.83. The minimum absolute atomic E-state index is 0.786. The van der Waals surface area contributed by atoms with Crippen molar-refractivity contribution in [1.29, 1.82) is 0 Å². The Labute approximate surface area is 100 Å². The first-order valence-electron chi connectivity index (χ1n) is 6.99. The molecule has 92 valence electrons. The summed E-state index contributed by atoms with van der Waals surface area (Å²) < 4.78 is 0. The summed E-state index contributed by atoms with van der Waals surface area (Å²) in [5.74, 6) is 0.897. The van der Waals surface area contributed by atoms with E-state index in [1.54, 1.807) is 0 Å². The summed E-state index contributed by atoms with van der Waals surface area (Å²) in [6, 6.07) is 0.786. The van der Waals surface area contributed by atoms with Crippen molar-refractivity contribution in [1.82, 2.24) is 10.2 Å². The lowest BCUT2D eigenvalue weighted by Crippen LogP contribution is -2.43. The van der Waals surface area contributed by atoms with Crippen molar-refractivity contribution >= 4 is 0 Å². The maximum atomic E-state index is 3.78. The van der Waals surface area contributed by atoms with E-state index in [2.05, 4.69) is 29.3 Å². The first-order chi connectivity index (χ1) is 7.88. The Morgan fingerprint density at radius 2 is 2.00 bits per heavy atom. The van der Waals surface area contributed by atoms with Crippen LogP contribution in [0.3, 0.4) is 0 Å². The Bertz CT molecular complexity index is 217. The highest BCUT2D eigenvalue weighted by Crippen LogP contribution is 2.18. The normalized spacial score (nSPS) is 28.4. The van der Waals surface area contributed by atoms with Gasteiger partial charge in [-0.15, -0.1) is 0 Å². The van der Waals surface area contributed by atoms with Crippen LogP contribution >= 0.6 is 0 Å². The molecular formula is C14H26N2. The molecule has 0 saturated carbocycles. The standard InChI is InChI=1S/C14H26N2/c1-2-16-10-8-14(9-11-16)15-12-13-6-4-3-5-7-13/h3-4,13-15H,2,5-12H2,1H3. The van der Waals surface area contributed by atoms with Gasteiger partial charge in [-0.3, -0.25) is 0 Å². The van der Waals surface area contributed by atoms with Gasteiger partial charge in [-0.25, -0.2) is 0 Å². The Morgan fingerprint density at radius 1 is 1.19 bits per heavy atom. The lowest BCUT2D eigenvalue weighted by atomic mass is 9.93. The average molecular weight is 222 g/mol. The van der Waals surface area contributed by atoms with E-state index < -0.39 is 0 Å². The number of allylic oxidation sites excluding steroid dienone is 2. The van der Waals surface area contributed by atoms with E-state index in [1.165, 1.54) is 58.3 Å². The van der Waals surface area contributed by atoms with Crippen molar-refractivity contribution in [2.24, 2.45) is 5.92 Å². The van der Waals surface area contributed by atoms with Crippen molar-refractivity contribution in [2.75, 3.05) is 26.2 Å². The Balaban J connectivity index is 1.61. The van der Waals surface area contributed by atoms with Crippen LogP contribution in [0.5, 0.6) is 0 Å². The monoisotopic (exact) mass is 222 g/mol. The Kier molecular flexibility index (Phi) is 4.86. The van der Waals surface area contributed by atoms with E-state index in [0.717, 1.165) is 12.0 Å². The molecule has 0 radical (unpaired) electrons. The zero-order chi connectivity index (χ0) is 11.2. The molecule has 0 amide bonds. The molecule has 0 bridgehead atoms. The van der Waals surface area contributed by atoms with Crippen LogP contribution in [0.25, 0.3) is 0 Å². The topological polar surface area (TPSA) is 15.3 Å². The third kappa shape index (κ3) is 3.60. The average Bonchev–Trinajstić information content (AvgIpc) is 2.38. The molecular weight excluding hydrogens is 196 g/mol. The minimum atomic E-state index is 0.786. The molecule has 1 N–H and O–H groups in total. The van der Waals surface area contributed by atoms with E-state index in [1.807, 2.05) is 0 Å². The van der Waals surface area contributed by atoms with Crippen molar-refractivity contribution in [2.45, 2.75) is 45.1 Å². The molecule has 1 saturated heterocycles. The SMILES string of the molecule is CCN1CCC(NCC2CC=CCC2)CC1. The van der Waals surface area contributed by atoms with Gasteiger partial charge in [-0.1, -0.05) is 19.1 Å². The van der Waals surface area contributed by atoms with Crippen LogP contribution in [0, 0.1) is 5.92 Å². The summed E-state index contributed by atoms with van der Waals surface area (Å²) in [6.45, 7) is 7.31. The highest BCUT2D eigenvalue weighted by molar-refractivity contribution is 4.91. The number of nitrogens with zero attached hydrogens (tertiary/aromatic N) is 1. The van der Waals surface area contributed by atoms with Crippen LogP contribution < -0.4 is 5.32 Å². The molecule has 2 aliphatic rings. The van der Waals surface area contributed by atoms with Crippen LogP contribution in [0.15, 0.2) is 12.2 Å². The highest BCUT2D eigenvalue weighted by atomic mass is 15.1. The molecule has 0 aromatic heterocycles. The van der Waals surface area contributed by atoms with Crippen LogP contribution in [0.4, 0.5) is 0 Å². The first kappa shape index (κ1) is 12.1. The van der Waals surface area contributed by atoms with E-state index in [4.69, 9.17) is 0 Å². The zero-order valence-electron chi connectivity index (χ0n) is 10.6. The number of piperidine rings is 1. The molecule has 2 rings (SSSR count). The van der Waals surface area contributed by atoms with Crippen LogP contribution in [-0.2, 0) is 0 Å².